The van der Waals surface area contributed by atoms with Crippen LogP contribution in [0.2, 0.25) is 0 Å². The molecule has 1 rings (SSSR count). The van der Waals surface area contributed by atoms with Crippen LogP contribution in [-0.2, 0) is 4.79 Å². The number of thiocarbonyl (C=S) groups is 1. The molecule has 3 N–H and O–H groups in total. The van der Waals surface area contributed by atoms with Crippen molar-refractivity contribution in [1.82, 2.24) is 5.32 Å². The Morgan fingerprint density at radius 3 is 2.41 bits per heavy atom. The summed E-state index contributed by atoms with van der Waals surface area (Å²) in [6.45, 7) is 4.04. The van der Waals surface area contributed by atoms with Gasteiger partial charge in [-0.2, -0.15) is 0 Å². The highest BCUT2D eigenvalue weighted by Crippen LogP contribution is 2.26. The second-order valence-electron chi connectivity index (χ2n) is 5.40. The van der Waals surface area contributed by atoms with Gasteiger partial charge >= 0.3 is 0 Å². The molecular formula is C13H24N2OS. The highest BCUT2D eigenvalue weighted by atomic mass is 32.1. The monoisotopic (exact) mass is 256 g/mol. The zero-order valence-corrected chi connectivity index (χ0v) is 11.7. The summed E-state index contributed by atoms with van der Waals surface area (Å²) in [6, 6.07) is -0.166. The van der Waals surface area contributed by atoms with E-state index in [9.17, 15) is 4.79 Å². The summed E-state index contributed by atoms with van der Waals surface area (Å²) in [4.78, 5) is 12.3. The van der Waals surface area contributed by atoms with Crippen molar-refractivity contribution in [3.63, 3.8) is 0 Å². The van der Waals surface area contributed by atoms with Gasteiger partial charge in [-0.3, -0.25) is 4.79 Å². The van der Waals surface area contributed by atoms with Gasteiger partial charge in [0.15, 0.2) is 0 Å². The molecule has 98 valence electrons. The molecule has 1 aliphatic carbocycles. The lowest BCUT2D eigenvalue weighted by Gasteiger charge is -2.24. The molecule has 0 saturated heterocycles. The first-order chi connectivity index (χ1) is 8.00. The average Bonchev–Trinajstić information content (AvgIpc) is 2.26. The summed E-state index contributed by atoms with van der Waals surface area (Å²) in [5.41, 5.74) is 5.64. The number of hydrogen-bond acceptors (Lipinski definition) is 2. The topological polar surface area (TPSA) is 55.1 Å². The van der Waals surface area contributed by atoms with E-state index in [0.29, 0.717) is 17.3 Å². The van der Waals surface area contributed by atoms with Gasteiger partial charge < -0.3 is 11.1 Å². The van der Waals surface area contributed by atoms with Crippen molar-refractivity contribution in [2.45, 2.75) is 58.4 Å². The molecule has 1 amide bonds. The Morgan fingerprint density at radius 2 is 1.94 bits per heavy atom. The predicted octanol–water partition coefficient (Wildman–Crippen LogP) is 2.38. The van der Waals surface area contributed by atoms with Gasteiger partial charge in [-0.15, -0.1) is 0 Å². The van der Waals surface area contributed by atoms with E-state index >= 15 is 0 Å². The number of hydrogen-bond donors (Lipinski definition) is 2. The molecule has 17 heavy (non-hydrogen) atoms. The standard InChI is InChI=1S/C13H24N2OS/c1-9(2)12(13(14)17)15-11(16)8-10-6-4-3-5-7-10/h9-10,12H,3-8H2,1-2H3,(H2,14,17)(H,15,16). The molecule has 0 spiro atoms. The zero-order valence-electron chi connectivity index (χ0n) is 10.9. The summed E-state index contributed by atoms with van der Waals surface area (Å²) in [6.07, 6.45) is 6.85. The van der Waals surface area contributed by atoms with Crippen molar-refractivity contribution >= 4 is 23.1 Å². The normalized spacial score (nSPS) is 19.0. The molecule has 0 heterocycles. The smallest absolute Gasteiger partial charge is 0.220 e. The van der Waals surface area contributed by atoms with Crippen molar-refractivity contribution in [1.29, 1.82) is 0 Å². The van der Waals surface area contributed by atoms with Gasteiger partial charge in [-0.05, 0) is 24.7 Å². The van der Waals surface area contributed by atoms with E-state index < -0.39 is 0 Å². The van der Waals surface area contributed by atoms with Gasteiger partial charge in [0.2, 0.25) is 5.91 Å². The third-order valence-electron chi connectivity index (χ3n) is 3.49. The van der Waals surface area contributed by atoms with Gasteiger partial charge in [0.05, 0.1) is 11.0 Å². The van der Waals surface area contributed by atoms with E-state index in [1.54, 1.807) is 0 Å². The SMILES string of the molecule is CC(C)C(NC(=O)CC1CCCCC1)C(N)=S. The maximum absolute atomic E-state index is 11.9. The van der Waals surface area contributed by atoms with Crippen LogP contribution in [0.4, 0.5) is 0 Å². The number of rotatable bonds is 5. The molecule has 1 saturated carbocycles. The number of amides is 1. The second-order valence-corrected chi connectivity index (χ2v) is 5.87. The van der Waals surface area contributed by atoms with E-state index in [0.717, 1.165) is 0 Å². The van der Waals surface area contributed by atoms with Crippen molar-refractivity contribution in [2.24, 2.45) is 17.6 Å². The number of nitrogens with two attached hydrogens (primary N) is 1. The molecular weight excluding hydrogens is 232 g/mol. The summed E-state index contributed by atoms with van der Waals surface area (Å²) in [7, 11) is 0. The Hall–Kier alpha value is -0.640. The Morgan fingerprint density at radius 1 is 1.35 bits per heavy atom. The van der Waals surface area contributed by atoms with Crippen LogP contribution in [0.3, 0.4) is 0 Å². The number of carbonyl (C=O) groups is 1. The quantitative estimate of drug-likeness (QED) is 0.743. The Bertz CT molecular complexity index is 273. The van der Waals surface area contributed by atoms with Crippen molar-refractivity contribution in [3.8, 4) is 0 Å². The molecule has 1 fully saturated rings. The van der Waals surface area contributed by atoms with Crippen LogP contribution in [0.5, 0.6) is 0 Å². The van der Waals surface area contributed by atoms with Gasteiger partial charge in [0.1, 0.15) is 0 Å². The largest absolute Gasteiger partial charge is 0.392 e. The summed E-state index contributed by atoms with van der Waals surface area (Å²) in [5, 5.41) is 2.96. The Balaban J connectivity index is 2.38. The minimum Gasteiger partial charge on any atom is -0.392 e. The summed E-state index contributed by atoms with van der Waals surface area (Å²) >= 11 is 4.98. The van der Waals surface area contributed by atoms with E-state index in [-0.39, 0.29) is 17.9 Å². The fourth-order valence-electron chi connectivity index (χ4n) is 2.45. The lowest BCUT2D eigenvalue weighted by molar-refractivity contribution is -0.122. The second kappa shape index (κ2) is 6.94. The minimum absolute atomic E-state index is 0.100. The van der Waals surface area contributed by atoms with Crippen molar-refractivity contribution in [3.05, 3.63) is 0 Å². The molecule has 0 aliphatic heterocycles. The van der Waals surface area contributed by atoms with Crippen LogP contribution in [-0.4, -0.2) is 16.9 Å². The third kappa shape index (κ3) is 5.02. The maximum atomic E-state index is 11.9. The van der Waals surface area contributed by atoms with E-state index in [1.807, 2.05) is 13.8 Å². The highest BCUT2D eigenvalue weighted by Gasteiger charge is 2.22. The van der Waals surface area contributed by atoms with Crippen molar-refractivity contribution < 1.29 is 4.79 Å². The predicted molar refractivity (Wildman–Crippen MR) is 74.7 cm³/mol. The average molecular weight is 256 g/mol. The molecule has 1 aliphatic rings. The van der Waals surface area contributed by atoms with Crippen LogP contribution in [0, 0.1) is 11.8 Å². The zero-order chi connectivity index (χ0) is 12.8. The first kappa shape index (κ1) is 14.4. The van der Waals surface area contributed by atoms with E-state index in [1.165, 1.54) is 32.1 Å². The minimum atomic E-state index is -0.166. The lowest BCUT2D eigenvalue weighted by Crippen LogP contribution is -2.47. The lowest BCUT2D eigenvalue weighted by atomic mass is 9.86. The van der Waals surface area contributed by atoms with Gasteiger partial charge in [-0.1, -0.05) is 45.3 Å². The number of nitrogens with one attached hydrogen (secondary N) is 1. The van der Waals surface area contributed by atoms with Crippen LogP contribution in [0.15, 0.2) is 0 Å². The molecule has 1 unspecified atom stereocenters. The first-order valence-corrected chi connectivity index (χ1v) is 7.00. The molecule has 0 aromatic carbocycles. The van der Waals surface area contributed by atoms with Crippen LogP contribution >= 0.6 is 12.2 Å². The number of carbonyl (C=O) groups excluding carboxylic acids is 1. The molecule has 1 atom stereocenters. The van der Waals surface area contributed by atoms with Crippen LogP contribution < -0.4 is 11.1 Å². The van der Waals surface area contributed by atoms with E-state index in [2.05, 4.69) is 5.32 Å². The summed E-state index contributed by atoms with van der Waals surface area (Å²) in [5.74, 6) is 0.911. The van der Waals surface area contributed by atoms with Crippen LogP contribution in [0.1, 0.15) is 52.4 Å². The van der Waals surface area contributed by atoms with Crippen LogP contribution in [0.25, 0.3) is 0 Å². The molecule has 4 heteroatoms. The van der Waals surface area contributed by atoms with E-state index in [4.69, 9.17) is 18.0 Å². The molecule has 0 aromatic heterocycles. The molecule has 0 aromatic rings. The van der Waals surface area contributed by atoms with Gasteiger partial charge in [-0.25, -0.2) is 0 Å². The Kier molecular flexibility index (Phi) is 5.89. The molecule has 3 nitrogen and oxygen atoms in total. The molecule has 0 bridgehead atoms. The Labute approximate surface area is 110 Å². The fraction of sp³-hybridized carbons (Fsp3) is 0.846. The molecule has 0 radical (unpaired) electrons. The third-order valence-corrected chi connectivity index (χ3v) is 3.74. The maximum Gasteiger partial charge on any atom is 0.220 e. The fourth-order valence-corrected chi connectivity index (χ4v) is 2.78. The highest BCUT2D eigenvalue weighted by molar-refractivity contribution is 7.80. The van der Waals surface area contributed by atoms with Gasteiger partial charge in [0, 0.05) is 6.42 Å². The van der Waals surface area contributed by atoms with Gasteiger partial charge in [0.25, 0.3) is 0 Å². The first-order valence-electron chi connectivity index (χ1n) is 6.59. The van der Waals surface area contributed by atoms with Crippen molar-refractivity contribution in [2.75, 3.05) is 0 Å². The summed E-state index contributed by atoms with van der Waals surface area (Å²) < 4.78 is 0.